The number of amides is 2. The van der Waals surface area contributed by atoms with Gasteiger partial charge in [0.25, 0.3) is 11.8 Å². The van der Waals surface area contributed by atoms with E-state index in [0.29, 0.717) is 22.0 Å². The number of nitrogens with zero attached hydrogens (tertiary/aromatic N) is 1. The van der Waals surface area contributed by atoms with Crippen LogP contribution < -0.4 is 10.1 Å². The number of hydrogen-bond donors (Lipinski definition) is 1. The number of likely N-dealkylation sites (tertiary alicyclic amines) is 1. The van der Waals surface area contributed by atoms with E-state index >= 15 is 0 Å². The van der Waals surface area contributed by atoms with E-state index in [1.54, 1.807) is 55.5 Å². The predicted octanol–water partition coefficient (Wildman–Crippen LogP) is 3.98. The zero-order valence-electron chi connectivity index (χ0n) is 14.6. The molecule has 6 heteroatoms. The smallest absolute Gasteiger partial charge is 0.265 e. The molecule has 2 aromatic rings. The Balaban J connectivity index is 1.64. The summed E-state index contributed by atoms with van der Waals surface area (Å²) in [5.74, 6) is 0.143. The van der Waals surface area contributed by atoms with Crippen LogP contribution >= 0.6 is 11.6 Å². The zero-order chi connectivity index (χ0) is 18.5. The number of nitrogens with one attached hydrogen (secondary N) is 1. The first-order valence-electron chi connectivity index (χ1n) is 8.66. The number of hydrogen-bond acceptors (Lipinski definition) is 3. The van der Waals surface area contributed by atoms with E-state index in [9.17, 15) is 9.59 Å². The van der Waals surface area contributed by atoms with Crippen LogP contribution in [0.4, 0.5) is 5.69 Å². The number of carbonyl (C=O) groups excluding carboxylic acids is 2. The maximum absolute atomic E-state index is 12.5. The van der Waals surface area contributed by atoms with Crippen molar-refractivity contribution >= 4 is 29.1 Å². The van der Waals surface area contributed by atoms with Crippen molar-refractivity contribution in [2.24, 2.45) is 0 Å². The molecule has 0 aromatic heterocycles. The van der Waals surface area contributed by atoms with Gasteiger partial charge in [0.05, 0.1) is 5.02 Å². The third-order valence-electron chi connectivity index (χ3n) is 4.28. The van der Waals surface area contributed by atoms with Crippen LogP contribution in [-0.4, -0.2) is 35.9 Å². The van der Waals surface area contributed by atoms with Crippen LogP contribution in [0, 0.1) is 0 Å². The number of halogens is 1. The fourth-order valence-electron chi connectivity index (χ4n) is 2.86. The Morgan fingerprint density at radius 3 is 2.58 bits per heavy atom. The lowest BCUT2D eigenvalue weighted by Gasteiger charge is -2.17. The van der Waals surface area contributed by atoms with Gasteiger partial charge in [-0.05, 0) is 50.1 Å². The van der Waals surface area contributed by atoms with Crippen LogP contribution in [0.2, 0.25) is 5.02 Å². The minimum absolute atomic E-state index is 0.000958. The summed E-state index contributed by atoms with van der Waals surface area (Å²) in [5, 5.41) is 3.24. The molecule has 0 saturated carbocycles. The first-order chi connectivity index (χ1) is 12.5. The monoisotopic (exact) mass is 372 g/mol. The average Bonchev–Trinajstić information content (AvgIpc) is 3.18. The van der Waals surface area contributed by atoms with E-state index in [1.165, 1.54) is 0 Å². The summed E-state index contributed by atoms with van der Waals surface area (Å²) in [6.07, 6.45) is 1.35. The second-order valence-electron chi connectivity index (χ2n) is 6.26. The number of para-hydroxylation sites is 1. The maximum Gasteiger partial charge on any atom is 0.265 e. The van der Waals surface area contributed by atoms with E-state index in [1.807, 2.05) is 4.90 Å². The third kappa shape index (κ3) is 4.35. The summed E-state index contributed by atoms with van der Waals surface area (Å²) in [4.78, 5) is 26.7. The van der Waals surface area contributed by atoms with E-state index in [4.69, 9.17) is 16.3 Å². The molecule has 2 amide bonds. The van der Waals surface area contributed by atoms with Gasteiger partial charge in [-0.2, -0.15) is 0 Å². The number of rotatable bonds is 5. The minimum Gasteiger partial charge on any atom is -0.479 e. The van der Waals surface area contributed by atoms with Crippen molar-refractivity contribution in [3.8, 4) is 5.75 Å². The van der Waals surface area contributed by atoms with Crippen LogP contribution in [0.1, 0.15) is 30.1 Å². The van der Waals surface area contributed by atoms with E-state index < -0.39 is 6.10 Å². The van der Waals surface area contributed by atoms with E-state index in [2.05, 4.69) is 5.32 Å². The van der Waals surface area contributed by atoms with Crippen LogP contribution in [0.5, 0.6) is 5.75 Å². The number of ether oxygens (including phenoxy) is 1. The molecule has 0 radical (unpaired) electrons. The number of anilines is 1. The molecular formula is C20H21ClN2O3. The third-order valence-corrected chi connectivity index (χ3v) is 4.59. The Labute approximate surface area is 157 Å². The van der Waals surface area contributed by atoms with Crippen LogP contribution in [-0.2, 0) is 4.79 Å². The molecular weight excluding hydrogens is 352 g/mol. The Morgan fingerprint density at radius 1 is 1.12 bits per heavy atom. The lowest BCUT2D eigenvalue weighted by atomic mass is 10.1. The predicted molar refractivity (Wildman–Crippen MR) is 102 cm³/mol. The first kappa shape index (κ1) is 18.3. The molecule has 1 N–H and O–H groups in total. The Morgan fingerprint density at radius 2 is 1.85 bits per heavy atom. The molecule has 1 aliphatic heterocycles. The largest absolute Gasteiger partial charge is 0.479 e. The molecule has 1 unspecified atom stereocenters. The van der Waals surface area contributed by atoms with Gasteiger partial charge in [-0.1, -0.05) is 29.8 Å². The van der Waals surface area contributed by atoms with Crippen molar-refractivity contribution in [1.29, 1.82) is 0 Å². The second-order valence-corrected chi connectivity index (χ2v) is 6.67. The molecule has 5 nitrogen and oxygen atoms in total. The summed E-state index contributed by atoms with van der Waals surface area (Å²) < 4.78 is 5.62. The lowest BCUT2D eigenvalue weighted by Crippen LogP contribution is -2.30. The highest BCUT2D eigenvalue weighted by molar-refractivity contribution is 6.32. The quantitative estimate of drug-likeness (QED) is 0.863. The van der Waals surface area contributed by atoms with Gasteiger partial charge >= 0.3 is 0 Å². The summed E-state index contributed by atoms with van der Waals surface area (Å²) in [6, 6.07) is 14.0. The SMILES string of the molecule is CC(Oc1ccccc1Cl)C(=O)Nc1cccc(C(=O)N2CCCC2)c1. The van der Waals surface area contributed by atoms with E-state index in [0.717, 1.165) is 25.9 Å². The Hall–Kier alpha value is -2.53. The van der Waals surface area contributed by atoms with Crippen LogP contribution in [0.3, 0.4) is 0 Å². The molecule has 1 atom stereocenters. The normalized spacial score (nSPS) is 14.8. The molecule has 3 rings (SSSR count). The van der Waals surface area contributed by atoms with Crippen molar-refractivity contribution in [3.05, 3.63) is 59.1 Å². The van der Waals surface area contributed by atoms with Crippen molar-refractivity contribution in [2.45, 2.75) is 25.9 Å². The van der Waals surface area contributed by atoms with Crippen LogP contribution in [0.15, 0.2) is 48.5 Å². The second kappa shape index (κ2) is 8.23. The molecule has 1 saturated heterocycles. The van der Waals surface area contributed by atoms with Crippen molar-refractivity contribution in [2.75, 3.05) is 18.4 Å². The minimum atomic E-state index is -0.729. The van der Waals surface area contributed by atoms with Gasteiger partial charge in [-0.3, -0.25) is 9.59 Å². The highest BCUT2D eigenvalue weighted by Crippen LogP contribution is 2.24. The average molecular weight is 373 g/mol. The molecule has 2 aromatic carbocycles. The van der Waals surface area contributed by atoms with Gasteiger partial charge in [0, 0.05) is 24.3 Å². The maximum atomic E-state index is 12.5. The number of carbonyl (C=O) groups is 2. The summed E-state index contributed by atoms with van der Waals surface area (Å²) >= 11 is 6.05. The summed E-state index contributed by atoms with van der Waals surface area (Å²) in [7, 11) is 0. The molecule has 0 aliphatic carbocycles. The first-order valence-corrected chi connectivity index (χ1v) is 9.04. The molecule has 1 aliphatic rings. The number of benzene rings is 2. The van der Waals surface area contributed by atoms with Gasteiger partial charge < -0.3 is 15.0 Å². The molecule has 26 heavy (non-hydrogen) atoms. The standard InChI is InChI=1S/C20H21ClN2O3/c1-14(26-18-10-3-2-9-17(18)21)19(24)22-16-8-6-7-15(13-16)20(25)23-11-4-5-12-23/h2-3,6-10,13-14H,4-5,11-12H2,1H3,(H,22,24). The van der Waals surface area contributed by atoms with Crippen molar-refractivity contribution in [3.63, 3.8) is 0 Å². The molecule has 0 spiro atoms. The van der Waals surface area contributed by atoms with Gasteiger partial charge in [-0.15, -0.1) is 0 Å². The molecule has 1 heterocycles. The highest BCUT2D eigenvalue weighted by atomic mass is 35.5. The molecule has 0 bridgehead atoms. The van der Waals surface area contributed by atoms with Gasteiger partial charge in [0.2, 0.25) is 0 Å². The lowest BCUT2D eigenvalue weighted by molar-refractivity contribution is -0.122. The zero-order valence-corrected chi connectivity index (χ0v) is 15.3. The molecule has 136 valence electrons. The fourth-order valence-corrected chi connectivity index (χ4v) is 3.04. The summed E-state index contributed by atoms with van der Waals surface area (Å²) in [5.41, 5.74) is 1.14. The summed E-state index contributed by atoms with van der Waals surface area (Å²) in [6.45, 7) is 3.23. The van der Waals surface area contributed by atoms with Gasteiger partial charge in [0.1, 0.15) is 5.75 Å². The Kier molecular flexibility index (Phi) is 5.78. The fraction of sp³-hybridized carbons (Fsp3) is 0.300. The highest BCUT2D eigenvalue weighted by Gasteiger charge is 2.20. The molecule has 1 fully saturated rings. The van der Waals surface area contributed by atoms with Gasteiger partial charge in [-0.25, -0.2) is 0 Å². The Bertz CT molecular complexity index is 803. The topological polar surface area (TPSA) is 58.6 Å². The van der Waals surface area contributed by atoms with E-state index in [-0.39, 0.29) is 11.8 Å². The van der Waals surface area contributed by atoms with Crippen molar-refractivity contribution < 1.29 is 14.3 Å². The van der Waals surface area contributed by atoms with Crippen LogP contribution in [0.25, 0.3) is 0 Å². The van der Waals surface area contributed by atoms with Crippen molar-refractivity contribution in [1.82, 2.24) is 4.90 Å². The van der Waals surface area contributed by atoms with Gasteiger partial charge in [0.15, 0.2) is 6.10 Å².